The number of carbonyl (C=O) groups is 3. The van der Waals surface area contributed by atoms with Gasteiger partial charge in [-0.2, -0.15) is 0 Å². The Bertz CT molecular complexity index is 380. The minimum Gasteiger partial charge on any atom is -0.463 e. The van der Waals surface area contributed by atoms with Gasteiger partial charge in [0.1, 0.15) is 12.7 Å². The Balaban J connectivity index is 2.84. The van der Waals surface area contributed by atoms with Gasteiger partial charge in [0.15, 0.2) is 18.5 Å². The van der Waals surface area contributed by atoms with Gasteiger partial charge in [-0.25, -0.2) is 0 Å². The first kappa shape index (κ1) is 16.4. The molecule has 0 aliphatic carbocycles. The molecule has 0 spiro atoms. The standard InChI is InChI=1S/C12H18O8/c1-6(13)17-5-9-10(18-7(2)14)11(19-8(3)15)12(16-4)20-9/h9-12H,5H2,1-4H3/t9-,10+,11+,12-/m1/s1. The molecule has 1 heterocycles. The highest BCUT2D eigenvalue weighted by Gasteiger charge is 2.49. The minimum absolute atomic E-state index is 0.134. The molecule has 8 heteroatoms. The lowest BCUT2D eigenvalue weighted by atomic mass is 10.1. The molecule has 1 rings (SSSR count). The fraction of sp³-hybridized carbons (Fsp3) is 0.750. The largest absolute Gasteiger partial charge is 0.463 e. The minimum atomic E-state index is -0.915. The lowest BCUT2D eigenvalue weighted by Crippen LogP contribution is -2.41. The van der Waals surface area contributed by atoms with Crippen LogP contribution < -0.4 is 0 Å². The number of methoxy groups -OCH3 is 1. The molecule has 1 saturated heterocycles. The summed E-state index contributed by atoms with van der Waals surface area (Å²) < 4.78 is 25.5. The Morgan fingerprint density at radius 2 is 1.50 bits per heavy atom. The van der Waals surface area contributed by atoms with Crippen LogP contribution in [0.15, 0.2) is 0 Å². The third-order valence-corrected chi connectivity index (χ3v) is 2.55. The molecule has 1 aliphatic heterocycles. The van der Waals surface area contributed by atoms with Crippen molar-refractivity contribution >= 4 is 17.9 Å². The smallest absolute Gasteiger partial charge is 0.303 e. The van der Waals surface area contributed by atoms with E-state index < -0.39 is 42.5 Å². The number of hydrogen-bond donors (Lipinski definition) is 0. The second-order valence-corrected chi connectivity index (χ2v) is 4.23. The van der Waals surface area contributed by atoms with Crippen LogP contribution in [0.1, 0.15) is 20.8 Å². The zero-order valence-corrected chi connectivity index (χ0v) is 11.8. The van der Waals surface area contributed by atoms with Crippen molar-refractivity contribution in [1.29, 1.82) is 0 Å². The van der Waals surface area contributed by atoms with Gasteiger partial charge in [0.25, 0.3) is 0 Å². The van der Waals surface area contributed by atoms with Crippen molar-refractivity contribution in [3.8, 4) is 0 Å². The molecule has 0 bridgehead atoms. The van der Waals surface area contributed by atoms with E-state index in [1.165, 1.54) is 27.9 Å². The molecule has 0 aromatic carbocycles. The second kappa shape index (κ2) is 7.20. The zero-order chi connectivity index (χ0) is 15.3. The van der Waals surface area contributed by atoms with Crippen molar-refractivity contribution in [2.45, 2.75) is 45.4 Å². The maximum atomic E-state index is 11.1. The maximum absolute atomic E-state index is 11.1. The van der Waals surface area contributed by atoms with Crippen molar-refractivity contribution in [3.05, 3.63) is 0 Å². The van der Waals surface area contributed by atoms with Crippen LogP contribution in [0, 0.1) is 0 Å². The summed E-state index contributed by atoms with van der Waals surface area (Å²) in [5.41, 5.74) is 0. The van der Waals surface area contributed by atoms with Gasteiger partial charge in [-0.3, -0.25) is 14.4 Å². The van der Waals surface area contributed by atoms with Crippen LogP contribution in [-0.2, 0) is 38.1 Å². The highest BCUT2D eigenvalue weighted by Crippen LogP contribution is 2.27. The number of ether oxygens (including phenoxy) is 5. The third-order valence-electron chi connectivity index (χ3n) is 2.55. The van der Waals surface area contributed by atoms with Gasteiger partial charge in [-0.1, -0.05) is 0 Å². The summed E-state index contributed by atoms with van der Waals surface area (Å²) >= 11 is 0. The summed E-state index contributed by atoms with van der Waals surface area (Å²) in [6.07, 6.45) is -3.48. The van der Waals surface area contributed by atoms with Crippen molar-refractivity contribution in [2.24, 2.45) is 0 Å². The third kappa shape index (κ3) is 4.46. The molecule has 4 atom stereocenters. The fourth-order valence-corrected chi connectivity index (χ4v) is 1.87. The molecular formula is C12H18O8. The van der Waals surface area contributed by atoms with Gasteiger partial charge in [-0.15, -0.1) is 0 Å². The van der Waals surface area contributed by atoms with Crippen LogP contribution >= 0.6 is 0 Å². The molecule has 0 radical (unpaired) electrons. The van der Waals surface area contributed by atoms with Gasteiger partial charge >= 0.3 is 17.9 Å². The zero-order valence-electron chi connectivity index (χ0n) is 11.8. The van der Waals surface area contributed by atoms with E-state index in [0.717, 1.165) is 0 Å². The lowest BCUT2D eigenvalue weighted by molar-refractivity contribution is -0.181. The Labute approximate surface area is 116 Å². The molecule has 1 fully saturated rings. The molecule has 1 aliphatic rings. The van der Waals surface area contributed by atoms with Crippen molar-refractivity contribution in [3.63, 3.8) is 0 Å². The van der Waals surface area contributed by atoms with Crippen LogP contribution in [0.2, 0.25) is 0 Å². The normalized spacial score (nSPS) is 28.8. The van der Waals surface area contributed by atoms with E-state index in [4.69, 9.17) is 23.7 Å². The summed E-state index contributed by atoms with van der Waals surface area (Å²) in [7, 11) is 1.36. The van der Waals surface area contributed by atoms with E-state index in [0.29, 0.717) is 0 Å². The molecule has 0 saturated carbocycles. The number of rotatable bonds is 5. The van der Waals surface area contributed by atoms with E-state index in [9.17, 15) is 14.4 Å². The van der Waals surface area contributed by atoms with Crippen LogP contribution in [-0.4, -0.2) is 56.2 Å². The maximum Gasteiger partial charge on any atom is 0.303 e. The van der Waals surface area contributed by atoms with E-state index in [1.807, 2.05) is 0 Å². The Morgan fingerprint density at radius 1 is 0.950 bits per heavy atom. The summed E-state index contributed by atoms with van der Waals surface area (Å²) in [5, 5.41) is 0. The molecule has 0 aromatic heterocycles. The Morgan fingerprint density at radius 3 is 1.95 bits per heavy atom. The highest BCUT2D eigenvalue weighted by atomic mass is 16.7. The van der Waals surface area contributed by atoms with Crippen LogP contribution in [0.3, 0.4) is 0 Å². The Hall–Kier alpha value is -1.67. The molecule has 8 nitrogen and oxygen atoms in total. The first-order valence-electron chi connectivity index (χ1n) is 6.01. The summed E-state index contributed by atoms with van der Waals surface area (Å²) in [5.74, 6) is -1.63. The molecule has 0 amide bonds. The summed E-state index contributed by atoms with van der Waals surface area (Å²) in [4.78, 5) is 33.1. The van der Waals surface area contributed by atoms with E-state index in [1.54, 1.807) is 0 Å². The monoisotopic (exact) mass is 290 g/mol. The molecule has 20 heavy (non-hydrogen) atoms. The van der Waals surface area contributed by atoms with Crippen molar-refractivity contribution < 1.29 is 38.1 Å². The van der Waals surface area contributed by atoms with Gasteiger partial charge in [0, 0.05) is 27.9 Å². The van der Waals surface area contributed by atoms with Crippen LogP contribution in [0.25, 0.3) is 0 Å². The van der Waals surface area contributed by atoms with Gasteiger partial charge in [-0.05, 0) is 0 Å². The fourth-order valence-electron chi connectivity index (χ4n) is 1.87. The average molecular weight is 290 g/mol. The van der Waals surface area contributed by atoms with Gasteiger partial charge in [0.2, 0.25) is 0 Å². The first-order valence-corrected chi connectivity index (χ1v) is 6.01. The van der Waals surface area contributed by atoms with Crippen LogP contribution in [0.4, 0.5) is 0 Å². The lowest BCUT2D eigenvalue weighted by Gasteiger charge is -2.22. The Kier molecular flexibility index (Phi) is 5.90. The molecule has 114 valence electrons. The first-order chi connectivity index (χ1) is 9.35. The van der Waals surface area contributed by atoms with Crippen LogP contribution in [0.5, 0.6) is 0 Å². The molecular weight excluding hydrogens is 272 g/mol. The highest BCUT2D eigenvalue weighted by molar-refractivity contribution is 5.67. The number of hydrogen-bond acceptors (Lipinski definition) is 8. The topological polar surface area (TPSA) is 97.4 Å². The number of esters is 3. The summed E-state index contributed by atoms with van der Waals surface area (Å²) in [6, 6.07) is 0. The quantitative estimate of drug-likeness (QED) is 0.506. The van der Waals surface area contributed by atoms with E-state index in [-0.39, 0.29) is 6.61 Å². The molecule has 0 aromatic rings. The number of carbonyl (C=O) groups excluding carboxylic acids is 3. The van der Waals surface area contributed by atoms with Crippen molar-refractivity contribution in [1.82, 2.24) is 0 Å². The van der Waals surface area contributed by atoms with Gasteiger partial charge in [0.05, 0.1) is 0 Å². The summed E-state index contributed by atoms with van der Waals surface area (Å²) in [6.45, 7) is 3.54. The van der Waals surface area contributed by atoms with E-state index >= 15 is 0 Å². The second-order valence-electron chi connectivity index (χ2n) is 4.23. The van der Waals surface area contributed by atoms with Crippen molar-refractivity contribution in [2.75, 3.05) is 13.7 Å². The molecule has 0 N–H and O–H groups in total. The predicted molar refractivity (Wildman–Crippen MR) is 63.4 cm³/mol. The molecule has 0 unspecified atom stereocenters. The van der Waals surface area contributed by atoms with Gasteiger partial charge < -0.3 is 23.7 Å². The SMILES string of the molecule is CO[C@@H]1O[C@H](COC(C)=O)[C@H](OC(C)=O)[C@@H]1OC(C)=O. The average Bonchev–Trinajstić information content (AvgIpc) is 2.63. The predicted octanol–water partition coefficient (Wildman–Crippen LogP) is -0.216. The van der Waals surface area contributed by atoms with E-state index in [2.05, 4.69) is 0 Å².